The van der Waals surface area contributed by atoms with Gasteiger partial charge in [-0.2, -0.15) is 0 Å². The van der Waals surface area contributed by atoms with Crippen LogP contribution in [-0.2, 0) is 11.2 Å². The van der Waals surface area contributed by atoms with Crippen LogP contribution in [0.2, 0.25) is 5.15 Å². The molecule has 1 unspecified atom stereocenters. The zero-order chi connectivity index (χ0) is 13.9. The first-order valence-electron chi connectivity index (χ1n) is 6.45. The van der Waals surface area contributed by atoms with Gasteiger partial charge in [-0.25, -0.2) is 9.97 Å². The zero-order valence-corrected chi connectivity index (χ0v) is 12.9. The van der Waals surface area contributed by atoms with Crippen molar-refractivity contribution in [3.05, 3.63) is 22.2 Å². The SMILES string of the molecule is CCOC(c1nc(C)c(CC)c(Cl)n1)C(C)(C)C. The molecule has 18 heavy (non-hydrogen) atoms. The quantitative estimate of drug-likeness (QED) is 0.772. The number of aryl methyl sites for hydroxylation is 1. The van der Waals surface area contributed by atoms with E-state index in [9.17, 15) is 0 Å². The lowest BCUT2D eigenvalue weighted by atomic mass is 9.88. The van der Waals surface area contributed by atoms with Crippen LogP contribution >= 0.6 is 11.6 Å². The predicted octanol–water partition coefficient (Wildman–Crippen LogP) is 4.12. The number of hydrogen-bond donors (Lipinski definition) is 0. The normalized spacial score (nSPS) is 13.7. The molecule has 1 aromatic rings. The van der Waals surface area contributed by atoms with Gasteiger partial charge in [-0.1, -0.05) is 39.3 Å². The molecular weight excluding hydrogens is 248 g/mol. The van der Waals surface area contributed by atoms with Crippen LogP contribution in [0.1, 0.15) is 57.8 Å². The topological polar surface area (TPSA) is 35.0 Å². The Balaban J connectivity index is 3.22. The molecule has 102 valence electrons. The van der Waals surface area contributed by atoms with Crippen molar-refractivity contribution in [3.8, 4) is 0 Å². The fourth-order valence-corrected chi connectivity index (χ4v) is 2.34. The minimum Gasteiger partial charge on any atom is -0.370 e. The minimum atomic E-state index is -0.135. The summed E-state index contributed by atoms with van der Waals surface area (Å²) in [6.45, 7) is 13.0. The van der Waals surface area contributed by atoms with Crippen LogP contribution < -0.4 is 0 Å². The standard InChI is InChI=1S/C14H23ClN2O/c1-7-10-9(3)16-13(17-12(10)15)11(18-8-2)14(4,5)6/h11H,7-8H2,1-6H3. The van der Waals surface area contributed by atoms with Crippen LogP contribution in [0.15, 0.2) is 0 Å². The van der Waals surface area contributed by atoms with Gasteiger partial charge in [-0.15, -0.1) is 0 Å². The Bertz CT molecular complexity index is 390. The molecule has 1 atom stereocenters. The minimum absolute atomic E-state index is 0.0560. The van der Waals surface area contributed by atoms with Gasteiger partial charge >= 0.3 is 0 Å². The Hall–Kier alpha value is -0.670. The van der Waals surface area contributed by atoms with E-state index < -0.39 is 0 Å². The van der Waals surface area contributed by atoms with Gasteiger partial charge in [0.2, 0.25) is 0 Å². The van der Waals surface area contributed by atoms with Gasteiger partial charge in [0.15, 0.2) is 5.82 Å². The molecule has 1 rings (SSSR count). The number of nitrogens with zero attached hydrogens (tertiary/aromatic N) is 2. The van der Waals surface area contributed by atoms with Crippen molar-refractivity contribution in [3.63, 3.8) is 0 Å². The van der Waals surface area contributed by atoms with Gasteiger partial charge in [-0.05, 0) is 25.7 Å². The zero-order valence-electron chi connectivity index (χ0n) is 12.2. The van der Waals surface area contributed by atoms with Crippen LogP contribution in [0, 0.1) is 12.3 Å². The molecule has 1 aromatic heterocycles. The average Bonchev–Trinajstić information content (AvgIpc) is 2.23. The average molecular weight is 271 g/mol. The lowest BCUT2D eigenvalue weighted by Crippen LogP contribution is -2.24. The van der Waals surface area contributed by atoms with E-state index in [1.807, 2.05) is 13.8 Å². The van der Waals surface area contributed by atoms with Crippen LogP contribution in [0.4, 0.5) is 0 Å². The number of ether oxygens (including phenoxy) is 1. The monoisotopic (exact) mass is 270 g/mol. The molecule has 0 aliphatic heterocycles. The van der Waals surface area contributed by atoms with Crippen LogP contribution in [0.5, 0.6) is 0 Å². The lowest BCUT2D eigenvalue weighted by Gasteiger charge is -2.29. The van der Waals surface area contributed by atoms with Gasteiger partial charge in [0.1, 0.15) is 11.3 Å². The summed E-state index contributed by atoms with van der Waals surface area (Å²) in [6.07, 6.45) is 0.712. The lowest BCUT2D eigenvalue weighted by molar-refractivity contribution is -0.0192. The first-order chi connectivity index (χ1) is 8.31. The fraction of sp³-hybridized carbons (Fsp3) is 0.714. The Kier molecular flexibility index (Phi) is 5.11. The van der Waals surface area contributed by atoms with Crippen LogP contribution in [-0.4, -0.2) is 16.6 Å². The molecule has 0 saturated heterocycles. The van der Waals surface area contributed by atoms with E-state index in [0.717, 1.165) is 17.7 Å². The van der Waals surface area contributed by atoms with E-state index in [1.54, 1.807) is 0 Å². The first-order valence-corrected chi connectivity index (χ1v) is 6.83. The van der Waals surface area contributed by atoms with Crippen molar-refractivity contribution in [2.24, 2.45) is 5.41 Å². The summed E-state index contributed by atoms with van der Waals surface area (Å²) < 4.78 is 5.79. The summed E-state index contributed by atoms with van der Waals surface area (Å²) in [5.74, 6) is 0.684. The third-order valence-corrected chi connectivity index (χ3v) is 3.20. The van der Waals surface area contributed by atoms with Crippen LogP contribution in [0.25, 0.3) is 0 Å². The van der Waals surface area contributed by atoms with E-state index in [-0.39, 0.29) is 11.5 Å². The van der Waals surface area contributed by atoms with Gasteiger partial charge in [0, 0.05) is 17.9 Å². The van der Waals surface area contributed by atoms with Crippen molar-refractivity contribution in [2.45, 2.75) is 54.1 Å². The van der Waals surface area contributed by atoms with E-state index in [2.05, 4.69) is 37.7 Å². The van der Waals surface area contributed by atoms with E-state index in [4.69, 9.17) is 16.3 Å². The van der Waals surface area contributed by atoms with Gasteiger partial charge in [-0.3, -0.25) is 0 Å². The number of halogens is 1. The molecule has 0 radical (unpaired) electrons. The van der Waals surface area contributed by atoms with Crippen molar-refractivity contribution < 1.29 is 4.74 Å². The highest BCUT2D eigenvalue weighted by Crippen LogP contribution is 2.35. The van der Waals surface area contributed by atoms with E-state index in [1.165, 1.54) is 0 Å². The second kappa shape index (κ2) is 5.98. The largest absolute Gasteiger partial charge is 0.370 e. The van der Waals surface area contributed by atoms with Crippen molar-refractivity contribution >= 4 is 11.6 Å². The molecule has 0 amide bonds. The Morgan fingerprint density at radius 3 is 2.22 bits per heavy atom. The molecule has 0 spiro atoms. The summed E-state index contributed by atoms with van der Waals surface area (Å²) >= 11 is 6.22. The summed E-state index contributed by atoms with van der Waals surface area (Å²) in [4.78, 5) is 8.99. The molecule has 0 aromatic carbocycles. The highest BCUT2D eigenvalue weighted by atomic mass is 35.5. The molecule has 0 bridgehead atoms. The number of rotatable bonds is 4. The Labute approximate surface area is 115 Å². The second-order valence-electron chi connectivity index (χ2n) is 5.49. The number of hydrogen-bond acceptors (Lipinski definition) is 3. The molecule has 3 nitrogen and oxygen atoms in total. The van der Waals surface area contributed by atoms with Gasteiger partial charge < -0.3 is 4.74 Å². The molecule has 0 aliphatic rings. The number of aromatic nitrogens is 2. The molecule has 0 N–H and O–H groups in total. The third-order valence-electron chi connectivity index (χ3n) is 2.89. The summed E-state index contributed by atoms with van der Waals surface area (Å²) in [5.41, 5.74) is 1.91. The van der Waals surface area contributed by atoms with E-state index in [0.29, 0.717) is 17.6 Å². The predicted molar refractivity (Wildman–Crippen MR) is 75.0 cm³/mol. The van der Waals surface area contributed by atoms with Crippen molar-refractivity contribution in [2.75, 3.05) is 6.61 Å². The first kappa shape index (κ1) is 15.4. The molecule has 0 aliphatic carbocycles. The molecule has 0 saturated carbocycles. The fourth-order valence-electron chi connectivity index (χ4n) is 1.98. The Morgan fingerprint density at radius 2 is 1.83 bits per heavy atom. The molecular formula is C14H23ClN2O. The summed E-state index contributed by atoms with van der Waals surface area (Å²) in [6, 6.07) is 0. The maximum Gasteiger partial charge on any atom is 0.159 e. The highest BCUT2D eigenvalue weighted by molar-refractivity contribution is 6.30. The van der Waals surface area contributed by atoms with E-state index >= 15 is 0 Å². The van der Waals surface area contributed by atoms with Crippen LogP contribution in [0.3, 0.4) is 0 Å². The second-order valence-corrected chi connectivity index (χ2v) is 5.85. The molecule has 1 heterocycles. The highest BCUT2D eigenvalue weighted by Gasteiger charge is 2.30. The molecule has 0 fully saturated rings. The molecule has 4 heteroatoms. The smallest absolute Gasteiger partial charge is 0.159 e. The van der Waals surface area contributed by atoms with Gasteiger partial charge in [0.25, 0.3) is 0 Å². The van der Waals surface area contributed by atoms with Gasteiger partial charge in [0.05, 0.1) is 0 Å². The maximum absolute atomic E-state index is 6.22. The maximum atomic E-state index is 6.22. The Morgan fingerprint density at radius 1 is 1.22 bits per heavy atom. The third kappa shape index (κ3) is 3.42. The van der Waals surface area contributed by atoms with Crippen molar-refractivity contribution in [1.82, 2.24) is 9.97 Å². The van der Waals surface area contributed by atoms with Crippen molar-refractivity contribution in [1.29, 1.82) is 0 Å². The summed E-state index contributed by atoms with van der Waals surface area (Å²) in [5, 5.41) is 0.550. The summed E-state index contributed by atoms with van der Waals surface area (Å²) in [7, 11) is 0.